The first kappa shape index (κ1) is 37.6. The fraction of sp³-hybridized carbons (Fsp3) is 0.278. The number of halogens is 6. The van der Waals surface area contributed by atoms with Gasteiger partial charge in [0.1, 0.15) is 11.5 Å². The van der Waals surface area contributed by atoms with Crippen molar-refractivity contribution in [1.29, 1.82) is 0 Å². The molecular weight excluding hydrogens is 796 g/mol. The number of hydrogen-bond donors (Lipinski definition) is 3. The highest BCUT2D eigenvalue weighted by atomic mass is 79.9. The number of anilines is 1. The third kappa shape index (κ3) is 8.54. The van der Waals surface area contributed by atoms with Crippen LogP contribution in [0.2, 0.25) is 5.02 Å². The molecule has 4 aromatic carbocycles. The van der Waals surface area contributed by atoms with Gasteiger partial charge in [0.15, 0.2) is 23.3 Å². The molecule has 52 heavy (non-hydrogen) atoms. The first-order chi connectivity index (χ1) is 24.6. The summed E-state index contributed by atoms with van der Waals surface area (Å²) in [6.45, 7) is -0.343. The van der Waals surface area contributed by atoms with E-state index in [2.05, 4.69) is 22.0 Å². The molecule has 4 aromatic rings. The lowest BCUT2D eigenvalue weighted by molar-refractivity contribution is -0.167. The zero-order valence-electron chi connectivity index (χ0n) is 27.0. The van der Waals surface area contributed by atoms with E-state index in [1.54, 1.807) is 4.72 Å². The Labute approximate surface area is 309 Å². The molecule has 0 spiro atoms. The summed E-state index contributed by atoms with van der Waals surface area (Å²) >= 11 is 9.43. The Balaban J connectivity index is 1.31. The number of carbonyl (C=O) groups is 2. The first-order valence-corrected chi connectivity index (χ1v) is 18.8. The van der Waals surface area contributed by atoms with E-state index in [-0.39, 0.29) is 28.4 Å². The molecule has 274 valence electrons. The van der Waals surface area contributed by atoms with Crippen molar-refractivity contribution in [2.24, 2.45) is 0 Å². The number of benzene rings is 4. The molecule has 1 amide bonds. The highest BCUT2D eigenvalue weighted by molar-refractivity contribution is 9.10. The summed E-state index contributed by atoms with van der Waals surface area (Å²) in [5.74, 6) is -11.7. The summed E-state index contributed by atoms with van der Waals surface area (Å²) in [6.07, 6.45) is 1.14. The molecular formula is C36H30BrClF4N2O7S. The van der Waals surface area contributed by atoms with Gasteiger partial charge in [-0.2, -0.15) is 0 Å². The van der Waals surface area contributed by atoms with Gasteiger partial charge in [-0.1, -0.05) is 41.9 Å². The summed E-state index contributed by atoms with van der Waals surface area (Å²) < 4.78 is 93.8. The lowest BCUT2D eigenvalue weighted by atomic mass is 9.99. The summed E-state index contributed by atoms with van der Waals surface area (Å²) in [5.41, 5.74) is 0.480. The fourth-order valence-corrected chi connectivity index (χ4v) is 7.44. The molecule has 16 heteroatoms. The van der Waals surface area contributed by atoms with Crippen molar-refractivity contribution in [3.8, 4) is 5.75 Å². The predicted octanol–water partition coefficient (Wildman–Crippen LogP) is 7.83. The van der Waals surface area contributed by atoms with Crippen molar-refractivity contribution < 1.29 is 50.5 Å². The molecule has 1 atom stereocenters. The van der Waals surface area contributed by atoms with Crippen LogP contribution >= 0.6 is 27.5 Å². The Morgan fingerprint density at radius 1 is 0.923 bits per heavy atom. The van der Waals surface area contributed by atoms with Crippen LogP contribution in [-0.4, -0.2) is 47.6 Å². The Morgan fingerprint density at radius 2 is 1.52 bits per heavy atom. The quantitative estimate of drug-likeness (QED) is 0.0511. The maximum atomic E-state index is 15.2. The SMILES string of the molecule is O=C(O)c1ccc(OC(O)N(Cc2cc(C3CC3)cc(C3CC3)c2)C(=O)CS(=O)(=O)Nc2c(F)c(F)c(F)c(F)c2Cc2cccc(Br)c2Cl)cc1. The van der Waals surface area contributed by atoms with E-state index in [0.29, 0.717) is 26.8 Å². The molecule has 3 N–H and O–H groups in total. The Morgan fingerprint density at radius 3 is 2.10 bits per heavy atom. The van der Waals surface area contributed by atoms with Gasteiger partial charge in [0.25, 0.3) is 6.41 Å². The van der Waals surface area contributed by atoms with Crippen LogP contribution in [0.4, 0.5) is 23.2 Å². The molecule has 2 aliphatic rings. The molecule has 0 heterocycles. The maximum absolute atomic E-state index is 15.2. The molecule has 6 rings (SSSR count). The third-order valence-electron chi connectivity index (χ3n) is 8.75. The number of sulfonamides is 1. The third-order valence-corrected chi connectivity index (χ3v) is 11.2. The molecule has 1 unspecified atom stereocenters. The molecule has 2 saturated carbocycles. The van der Waals surface area contributed by atoms with Gasteiger partial charge in [0, 0.05) is 16.5 Å². The predicted molar refractivity (Wildman–Crippen MR) is 187 cm³/mol. The minimum absolute atomic E-state index is 0.0221. The summed E-state index contributed by atoms with van der Waals surface area (Å²) in [4.78, 5) is 25.8. The number of rotatable bonds is 14. The smallest absolute Gasteiger partial charge is 0.335 e. The van der Waals surface area contributed by atoms with Gasteiger partial charge in [-0.25, -0.2) is 30.8 Å². The number of ether oxygens (including phenoxy) is 1. The summed E-state index contributed by atoms with van der Waals surface area (Å²) in [5, 5.41) is 20.4. The normalized spacial score (nSPS) is 14.9. The second kappa shape index (κ2) is 15.0. The molecule has 0 saturated heterocycles. The van der Waals surface area contributed by atoms with Crippen molar-refractivity contribution in [1.82, 2.24) is 4.90 Å². The molecule has 2 fully saturated rings. The Bertz CT molecular complexity index is 2140. The largest absolute Gasteiger partial charge is 0.478 e. The van der Waals surface area contributed by atoms with Crippen LogP contribution in [0.25, 0.3) is 0 Å². The monoisotopic (exact) mass is 824 g/mol. The minimum atomic E-state index is -5.03. The number of carboxylic acid groups (broad SMARTS) is 1. The average molecular weight is 826 g/mol. The van der Waals surface area contributed by atoms with Crippen LogP contribution in [0, 0.1) is 23.3 Å². The van der Waals surface area contributed by atoms with Crippen LogP contribution in [0.1, 0.15) is 75.7 Å². The van der Waals surface area contributed by atoms with Crippen LogP contribution < -0.4 is 9.46 Å². The molecule has 2 aliphatic carbocycles. The molecule has 0 aliphatic heterocycles. The van der Waals surface area contributed by atoms with Crippen LogP contribution in [0.5, 0.6) is 5.75 Å². The van der Waals surface area contributed by atoms with Crippen LogP contribution in [0.15, 0.2) is 65.1 Å². The van der Waals surface area contributed by atoms with Gasteiger partial charge in [-0.3, -0.25) is 14.4 Å². The number of hydrogen-bond acceptors (Lipinski definition) is 6. The van der Waals surface area contributed by atoms with E-state index < -0.39 is 75.0 Å². The second-order valence-corrected chi connectivity index (χ2v) is 15.7. The number of aliphatic hydroxyl groups is 1. The van der Waals surface area contributed by atoms with Crippen molar-refractivity contribution in [2.45, 2.75) is 56.9 Å². The Hall–Kier alpha value is -4.18. The first-order valence-electron chi connectivity index (χ1n) is 16.0. The molecule has 0 bridgehead atoms. The fourth-order valence-electron chi connectivity index (χ4n) is 5.75. The zero-order chi connectivity index (χ0) is 37.5. The topological polar surface area (TPSA) is 133 Å². The summed E-state index contributed by atoms with van der Waals surface area (Å²) in [7, 11) is -5.03. The lowest BCUT2D eigenvalue weighted by Crippen LogP contribution is -2.46. The van der Waals surface area contributed by atoms with Crippen LogP contribution in [-0.2, 0) is 27.8 Å². The number of aliphatic hydroxyl groups excluding tert-OH is 1. The van der Waals surface area contributed by atoms with Gasteiger partial charge in [0.2, 0.25) is 15.9 Å². The van der Waals surface area contributed by atoms with Crippen molar-refractivity contribution in [2.75, 3.05) is 10.5 Å². The van der Waals surface area contributed by atoms with E-state index in [4.69, 9.17) is 16.3 Å². The van der Waals surface area contributed by atoms with E-state index in [0.717, 1.165) is 36.8 Å². The van der Waals surface area contributed by atoms with Crippen LogP contribution in [0.3, 0.4) is 0 Å². The lowest BCUT2D eigenvalue weighted by Gasteiger charge is -2.29. The number of carboxylic acids is 1. The van der Waals surface area contributed by atoms with E-state index in [1.165, 1.54) is 42.5 Å². The highest BCUT2D eigenvalue weighted by Gasteiger charge is 2.34. The number of amides is 1. The van der Waals surface area contributed by atoms with Crippen molar-refractivity contribution in [3.63, 3.8) is 0 Å². The van der Waals surface area contributed by atoms with Gasteiger partial charge in [-0.05, 0) is 106 Å². The standard InChI is InChI=1S/C36H30BrClF4N2O7S/c37-27-3-1-2-22(29(27)38)15-26-30(39)31(40)32(41)33(42)34(26)43-52(49,50)17-28(45)44(36(48)51-25-10-8-21(9-11-25)35(46)47)16-18-12-23(19-4-5-19)14-24(13-18)20-6-7-20/h1-3,8-14,19-20,36,43,48H,4-7,15-17H2,(H,46,47). The number of nitrogens with zero attached hydrogens (tertiary/aromatic N) is 1. The molecule has 0 radical (unpaired) electrons. The van der Waals surface area contributed by atoms with E-state index in [1.807, 2.05) is 12.1 Å². The second-order valence-electron chi connectivity index (χ2n) is 12.7. The van der Waals surface area contributed by atoms with Gasteiger partial charge < -0.3 is 14.9 Å². The van der Waals surface area contributed by atoms with Gasteiger partial charge >= 0.3 is 5.97 Å². The molecule has 9 nitrogen and oxygen atoms in total. The number of carbonyl (C=O) groups excluding carboxylic acids is 1. The number of aromatic carboxylic acids is 1. The van der Waals surface area contributed by atoms with E-state index >= 15 is 8.78 Å². The average Bonchev–Trinajstić information content (AvgIpc) is 4.02. The van der Waals surface area contributed by atoms with Gasteiger partial charge in [0.05, 0.1) is 22.8 Å². The molecule has 0 aromatic heterocycles. The zero-order valence-corrected chi connectivity index (χ0v) is 30.2. The van der Waals surface area contributed by atoms with E-state index in [9.17, 15) is 37.0 Å². The maximum Gasteiger partial charge on any atom is 0.335 e. The minimum Gasteiger partial charge on any atom is -0.478 e. The van der Waals surface area contributed by atoms with Gasteiger partial charge in [-0.15, -0.1) is 0 Å². The van der Waals surface area contributed by atoms with Crippen molar-refractivity contribution in [3.05, 3.63) is 127 Å². The summed E-state index contributed by atoms with van der Waals surface area (Å²) in [6, 6.07) is 15.1. The number of nitrogens with one attached hydrogen (secondary N) is 1. The highest BCUT2D eigenvalue weighted by Crippen LogP contribution is 2.45. The van der Waals surface area contributed by atoms with Crippen molar-refractivity contribution >= 4 is 55.1 Å². The Kier molecular flexibility index (Phi) is 10.9.